The predicted molar refractivity (Wildman–Crippen MR) is 50.5 cm³/mol. The first kappa shape index (κ1) is 11.0. The van der Waals surface area contributed by atoms with Gasteiger partial charge in [-0.25, -0.2) is 0 Å². The molecule has 0 spiro atoms. The first-order chi connectivity index (χ1) is 5.68. The van der Waals surface area contributed by atoms with Crippen LogP contribution in [0.4, 0.5) is 0 Å². The van der Waals surface area contributed by atoms with Crippen molar-refractivity contribution in [1.29, 1.82) is 0 Å². The summed E-state index contributed by atoms with van der Waals surface area (Å²) < 4.78 is 0. The average Bonchev–Trinajstić information content (AvgIpc) is 2.03. The lowest BCUT2D eigenvalue weighted by Gasteiger charge is -2.05. The van der Waals surface area contributed by atoms with Crippen LogP contribution in [-0.4, -0.2) is 12.5 Å². The van der Waals surface area contributed by atoms with Gasteiger partial charge in [0.15, 0.2) is 0 Å². The van der Waals surface area contributed by atoms with Crippen LogP contribution in [0.15, 0.2) is 0 Å². The zero-order valence-electron chi connectivity index (χ0n) is 8.11. The highest BCUT2D eigenvalue weighted by Gasteiger charge is 2.03. The smallest absolute Gasteiger partial charge is 0.222 e. The molecule has 0 atom stereocenters. The van der Waals surface area contributed by atoms with Gasteiger partial charge in [0.25, 0.3) is 0 Å². The molecule has 68 valence electrons. The Bertz CT molecular complexity index is 186. The molecule has 0 saturated heterocycles. The van der Waals surface area contributed by atoms with Crippen molar-refractivity contribution < 1.29 is 4.79 Å². The fourth-order valence-corrected chi connectivity index (χ4v) is 0.717. The van der Waals surface area contributed by atoms with Crippen molar-refractivity contribution in [2.75, 3.05) is 6.54 Å². The second-order valence-electron chi connectivity index (χ2n) is 2.98. The summed E-state index contributed by atoms with van der Waals surface area (Å²) in [5.74, 6) is 5.98. The Morgan fingerprint density at radius 1 is 1.50 bits per heavy atom. The number of rotatable bonds is 4. The van der Waals surface area contributed by atoms with Crippen LogP contribution < -0.4 is 5.32 Å². The summed E-state index contributed by atoms with van der Waals surface area (Å²) in [4.78, 5) is 11.0. The molecule has 0 bridgehead atoms. The van der Waals surface area contributed by atoms with Crippen molar-refractivity contribution >= 4 is 5.91 Å². The third-order valence-electron chi connectivity index (χ3n) is 1.48. The largest absolute Gasteiger partial charge is 0.356 e. The van der Waals surface area contributed by atoms with E-state index in [2.05, 4.69) is 17.2 Å². The molecule has 0 aliphatic rings. The van der Waals surface area contributed by atoms with Crippen molar-refractivity contribution in [2.45, 2.75) is 33.6 Å². The average molecular weight is 167 g/mol. The van der Waals surface area contributed by atoms with E-state index in [0.29, 0.717) is 0 Å². The Hall–Kier alpha value is -0.970. The molecule has 2 heteroatoms. The van der Waals surface area contributed by atoms with Gasteiger partial charge in [-0.05, 0) is 13.3 Å². The molecule has 1 N–H and O–H groups in total. The third-order valence-corrected chi connectivity index (χ3v) is 1.48. The molecule has 0 heterocycles. The van der Waals surface area contributed by atoms with Gasteiger partial charge in [0.05, 0.1) is 0 Å². The van der Waals surface area contributed by atoms with Gasteiger partial charge in [-0.2, -0.15) is 0 Å². The predicted octanol–water partition coefficient (Wildman–Crippen LogP) is 1.56. The normalized spacial score (nSPS) is 9.00. The Labute approximate surface area is 74.7 Å². The van der Waals surface area contributed by atoms with E-state index < -0.39 is 0 Å². The van der Waals surface area contributed by atoms with Gasteiger partial charge in [0, 0.05) is 18.9 Å². The number of unbranched alkanes of at least 4 members (excludes halogenated alkanes) is 1. The molecular weight excluding hydrogens is 150 g/mol. The lowest BCUT2D eigenvalue weighted by Crippen LogP contribution is -2.28. The molecule has 0 aromatic rings. The van der Waals surface area contributed by atoms with Crippen molar-refractivity contribution in [3.05, 3.63) is 0 Å². The lowest BCUT2D eigenvalue weighted by atomic mass is 10.2. The summed E-state index contributed by atoms with van der Waals surface area (Å²) in [5.41, 5.74) is 0. The van der Waals surface area contributed by atoms with E-state index in [1.807, 2.05) is 20.8 Å². The summed E-state index contributed by atoms with van der Waals surface area (Å²) in [7, 11) is 0. The number of carbonyl (C=O) groups is 1. The van der Waals surface area contributed by atoms with Crippen LogP contribution in [0.3, 0.4) is 0 Å². The Morgan fingerprint density at radius 2 is 2.17 bits per heavy atom. The summed E-state index contributed by atoms with van der Waals surface area (Å²) >= 11 is 0. The molecule has 0 radical (unpaired) electrons. The topological polar surface area (TPSA) is 29.1 Å². The second-order valence-corrected chi connectivity index (χ2v) is 2.98. The van der Waals surface area contributed by atoms with Crippen LogP contribution in [0, 0.1) is 17.8 Å². The molecule has 1 amide bonds. The van der Waals surface area contributed by atoms with E-state index in [1.54, 1.807) is 0 Å². The highest BCUT2D eigenvalue weighted by atomic mass is 16.1. The minimum atomic E-state index is 0.0854. The molecule has 0 aliphatic carbocycles. The summed E-state index contributed by atoms with van der Waals surface area (Å²) in [6.45, 7) is 6.35. The molecular formula is C10H17NO. The van der Waals surface area contributed by atoms with Crippen molar-refractivity contribution in [1.82, 2.24) is 5.32 Å². The van der Waals surface area contributed by atoms with Gasteiger partial charge >= 0.3 is 0 Å². The summed E-state index contributed by atoms with van der Waals surface area (Å²) in [6.07, 6.45) is 1.81. The molecule has 0 rings (SSSR count). The van der Waals surface area contributed by atoms with Gasteiger partial charge in [-0.3, -0.25) is 4.79 Å². The van der Waals surface area contributed by atoms with Crippen LogP contribution in [-0.2, 0) is 4.79 Å². The van der Waals surface area contributed by atoms with Crippen LogP contribution in [0.1, 0.15) is 33.6 Å². The molecule has 0 aliphatic heterocycles. The van der Waals surface area contributed by atoms with Gasteiger partial charge in [0.2, 0.25) is 5.91 Å². The fourth-order valence-electron chi connectivity index (χ4n) is 0.717. The molecule has 12 heavy (non-hydrogen) atoms. The number of nitrogens with one attached hydrogen (secondary N) is 1. The van der Waals surface area contributed by atoms with E-state index >= 15 is 0 Å². The summed E-state index contributed by atoms with van der Waals surface area (Å²) in [6, 6.07) is 0. The highest BCUT2D eigenvalue weighted by Crippen LogP contribution is 1.91. The van der Waals surface area contributed by atoms with E-state index in [4.69, 9.17) is 0 Å². The van der Waals surface area contributed by atoms with Crippen molar-refractivity contribution in [3.8, 4) is 11.8 Å². The maximum atomic E-state index is 11.0. The number of amides is 1. The Kier molecular flexibility index (Phi) is 6.18. The summed E-state index contributed by atoms with van der Waals surface area (Å²) in [5, 5.41) is 2.83. The van der Waals surface area contributed by atoms with Crippen LogP contribution in [0.2, 0.25) is 0 Å². The Balaban J connectivity index is 3.30. The van der Waals surface area contributed by atoms with Gasteiger partial charge in [-0.1, -0.05) is 13.8 Å². The van der Waals surface area contributed by atoms with Gasteiger partial charge in [-0.15, -0.1) is 11.8 Å². The fraction of sp³-hybridized carbons (Fsp3) is 0.700. The molecule has 0 aromatic heterocycles. The molecule has 0 fully saturated rings. The molecule has 0 aromatic carbocycles. The van der Waals surface area contributed by atoms with E-state index in [1.165, 1.54) is 0 Å². The first-order valence-electron chi connectivity index (χ1n) is 4.35. The SMILES string of the molecule is CC#CCCCNC(=O)C(C)C. The van der Waals surface area contributed by atoms with Crippen molar-refractivity contribution in [3.63, 3.8) is 0 Å². The second kappa shape index (κ2) is 6.72. The minimum absolute atomic E-state index is 0.0854. The first-order valence-corrected chi connectivity index (χ1v) is 4.35. The standard InChI is InChI=1S/C10H17NO/c1-4-5-6-7-8-11-10(12)9(2)3/h9H,6-8H2,1-3H3,(H,11,12). The van der Waals surface area contributed by atoms with E-state index in [0.717, 1.165) is 19.4 Å². The van der Waals surface area contributed by atoms with Gasteiger partial charge < -0.3 is 5.32 Å². The number of hydrogen-bond donors (Lipinski definition) is 1. The quantitative estimate of drug-likeness (QED) is 0.499. The van der Waals surface area contributed by atoms with Crippen molar-refractivity contribution in [2.24, 2.45) is 5.92 Å². The van der Waals surface area contributed by atoms with E-state index in [-0.39, 0.29) is 11.8 Å². The lowest BCUT2D eigenvalue weighted by molar-refractivity contribution is -0.123. The zero-order valence-corrected chi connectivity index (χ0v) is 8.11. The minimum Gasteiger partial charge on any atom is -0.356 e. The monoisotopic (exact) mass is 167 g/mol. The van der Waals surface area contributed by atoms with Crippen LogP contribution in [0.25, 0.3) is 0 Å². The zero-order chi connectivity index (χ0) is 9.40. The number of carbonyl (C=O) groups excluding carboxylic acids is 1. The maximum Gasteiger partial charge on any atom is 0.222 e. The maximum absolute atomic E-state index is 11.0. The van der Waals surface area contributed by atoms with Gasteiger partial charge in [0.1, 0.15) is 0 Å². The highest BCUT2D eigenvalue weighted by molar-refractivity contribution is 5.77. The third kappa shape index (κ3) is 5.79. The Morgan fingerprint density at radius 3 is 2.67 bits per heavy atom. The van der Waals surface area contributed by atoms with Crippen LogP contribution in [0.5, 0.6) is 0 Å². The van der Waals surface area contributed by atoms with Crippen LogP contribution >= 0.6 is 0 Å². The van der Waals surface area contributed by atoms with E-state index in [9.17, 15) is 4.79 Å². The molecule has 0 saturated carbocycles. The number of hydrogen-bond acceptors (Lipinski definition) is 1. The molecule has 0 unspecified atom stereocenters. The molecule has 2 nitrogen and oxygen atoms in total.